The largest absolute Gasteiger partial charge is 0.508 e. The maximum Gasteiger partial charge on any atom is 0.240 e. The van der Waals surface area contributed by atoms with Gasteiger partial charge in [0, 0.05) is 36.2 Å². The second-order valence-corrected chi connectivity index (χ2v) is 8.13. The predicted octanol–water partition coefficient (Wildman–Crippen LogP) is 4.95. The molecule has 0 fully saturated rings. The van der Waals surface area contributed by atoms with Crippen molar-refractivity contribution in [3.63, 3.8) is 0 Å². The van der Waals surface area contributed by atoms with E-state index in [1.165, 1.54) is 11.9 Å². The summed E-state index contributed by atoms with van der Waals surface area (Å²) < 4.78 is 7.26. The van der Waals surface area contributed by atoms with E-state index in [4.69, 9.17) is 9.84 Å². The number of ether oxygens (including phenoxy) is 1. The summed E-state index contributed by atoms with van der Waals surface area (Å²) in [6.07, 6.45) is 2.46. The van der Waals surface area contributed by atoms with Crippen LogP contribution in [0.1, 0.15) is 30.5 Å². The first-order valence-corrected chi connectivity index (χ1v) is 11.0. The quantitative estimate of drug-likeness (QED) is 0.465. The summed E-state index contributed by atoms with van der Waals surface area (Å²) in [4.78, 5) is 12.6. The van der Waals surface area contributed by atoms with Gasteiger partial charge in [0.15, 0.2) is 0 Å². The third-order valence-corrected chi connectivity index (χ3v) is 5.88. The average molecular weight is 453 g/mol. The van der Waals surface area contributed by atoms with Crippen LogP contribution in [0.3, 0.4) is 0 Å². The van der Waals surface area contributed by atoms with Crippen molar-refractivity contribution in [1.82, 2.24) is 14.8 Å². The number of nitrogens with zero attached hydrogens (tertiary/aromatic N) is 4. The highest BCUT2D eigenvalue weighted by molar-refractivity contribution is 6.03. The predicted molar refractivity (Wildman–Crippen MR) is 130 cm³/mol. The van der Waals surface area contributed by atoms with Crippen molar-refractivity contribution in [3.8, 4) is 28.4 Å². The van der Waals surface area contributed by atoms with Gasteiger partial charge in [-0.25, -0.2) is 9.69 Å². The summed E-state index contributed by atoms with van der Waals surface area (Å²) in [7, 11) is 1.63. The van der Waals surface area contributed by atoms with Crippen LogP contribution in [-0.2, 0) is 4.79 Å². The smallest absolute Gasteiger partial charge is 0.240 e. The molecule has 0 saturated carbocycles. The lowest BCUT2D eigenvalue weighted by atomic mass is 9.96. The zero-order valence-electron chi connectivity index (χ0n) is 18.9. The summed E-state index contributed by atoms with van der Waals surface area (Å²) in [6.45, 7) is 1.51. The van der Waals surface area contributed by atoms with Gasteiger partial charge >= 0.3 is 0 Å². The van der Waals surface area contributed by atoms with Gasteiger partial charge in [0.05, 0.1) is 30.2 Å². The molecule has 1 amide bonds. The number of phenols is 1. The van der Waals surface area contributed by atoms with Gasteiger partial charge in [0.1, 0.15) is 11.5 Å². The minimum Gasteiger partial charge on any atom is -0.508 e. The second-order valence-electron chi connectivity index (χ2n) is 8.13. The minimum atomic E-state index is -0.339. The molecule has 1 atom stereocenters. The van der Waals surface area contributed by atoms with Crippen LogP contribution in [0.25, 0.3) is 16.9 Å². The lowest BCUT2D eigenvalue weighted by Crippen LogP contribution is -2.24. The summed E-state index contributed by atoms with van der Waals surface area (Å²) in [5, 5.41) is 21.0. The molecule has 0 bridgehead atoms. The van der Waals surface area contributed by atoms with Crippen molar-refractivity contribution in [2.45, 2.75) is 19.4 Å². The Morgan fingerprint density at radius 3 is 2.50 bits per heavy atom. The Labute approximate surface area is 197 Å². The van der Waals surface area contributed by atoms with Crippen LogP contribution in [0.4, 0.5) is 0 Å². The van der Waals surface area contributed by atoms with E-state index >= 15 is 0 Å². The highest BCUT2D eigenvalue weighted by Crippen LogP contribution is 2.39. The van der Waals surface area contributed by atoms with Crippen LogP contribution in [-0.4, -0.2) is 38.6 Å². The maximum absolute atomic E-state index is 12.6. The monoisotopic (exact) mass is 452 g/mol. The molecular weight excluding hydrogens is 428 g/mol. The lowest BCUT2D eigenvalue weighted by Gasteiger charge is -2.20. The molecule has 1 unspecified atom stereocenters. The zero-order chi connectivity index (χ0) is 23.7. The van der Waals surface area contributed by atoms with Crippen molar-refractivity contribution in [2.75, 3.05) is 7.11 Å². The molecule has 1 aliphatic heterocycles. The third kappa shape index (κ3) is 4.03. The van der Waals surface area contributed by atoms with E-state index in [0.29, 0.717) is 6.42 Å². The molecular formula is C27H24N4O3. The minimum absolute atomic E-state index is 0.159. The highest BCUT2D eigenvalue weighted by atomic mass is 16.5. The number of carbonyl (C=O) groups excluding carboxylic acids is 1. The van der Waals surface area contributed by atoms with E-state index in [9.17, 15) is 9.90 Å². The molecule has 0 spiro atoms. The number of aromatic nitrogens is 2. The van der Waals surface area contributed by atoms with Gasteiger partial charge in [-0.1, -0.05) is 42.5 Å². The Kier molecular flexibility index (Phi) is 5.59. The maximum atomic E-state index is 12.6. The van der Waals surface area contributed by atoms with Gasteiger partial charge < -0.3 is 9.84 Å². The van der Waals surface area contributed by atoms with E-state index in [0.717, 1.165) is 39.5 Å². The summed E-state index contributed by atoms with van der Waals surface area (Å²) >= 11 is 0. The third-order valence-electron chi connectivity index (χ3n) is 5.88. The van der Waals surface area contributed by atoms with Crippen molar-refractivity contribution >= 4 is 11.6 Å². The standard InChI is InChI=1S/C27H24N4O3/c1-18(32)31-26(16-25(28-31)19-8-6-12-22(33)14-19)24-17-30(21-10-4-3-5-11-21)29-27(24)20-9-7-13-23(15-20)34-2/h3-15,17,26,33H,16H2,1-2H3. The van der Waals surface area contributed by atoms with Gasteiger partial charge in [-0.3, -0.25) is 4.79 Å². The fourth-order valence-electron chi connectivity index (χ4n) is 4.24. The van der Waals surface area contributed by atoms with Crippen molar-refractivity contribution in [2.24, 2.45) is 5.10 Å². The van der Waals surface area contributed by atoms with E-state index < -0.39 is 0 Å². The average Bonchev–Trinajstić information content (AvgIpc) is 3.50. The summed E-state index contributed by atoms with van der Waals surface area (Å²) in [5.41, 5.74) is 4.96. The molecule has 1 aliphatic rings. The van der Waals surface area contributed by atoms with Gasteiger partial charge in [0.2, 0.25) is 5.91 Å². The SMILES string of the molecule is COc1cccc(-c2nn(-c3ccccc3)cc2C2CC(c3cccc(O)c3)=NN2C(C)=O)c1. The number of hydrogen-bond donors (Lipinski definition) is 1. The Bertz CT molecular complexity index is 1380. The molecule has 0 radical (unpaired) electrons. The molecule has 0 aliphatic carbocycles. The van der Waals surface area contributed by atoms with Gasteiger partial charge in [0.25, 0.3) is 0 Å². The second kappa shape index (κ2) is 8.86. The molecule has 1 aromatic heterocycles. The molecule has 170 valence electrons. The van der Waals surface area contributed by atoms with Crippen LogP contribution in [0.5, 0.6) is 11.5 Å². The number of hydrazone groups is 1. The van der Waals surface area contributed by atoms with Gasteiger partial charge in [-0.05, 0) is 36.4 Å². The number of carbonyl (C=O) groups is 1. The Balaban J connectivity index is 1.63. The molecule has 0 saturated heterocycles. The molecule has 7 nitrogen and oxygen atoms in total. The van der Waals surface area contributed by atoms with Crippen LogP contribution >= 0.6 is 0 Å². The Morgan fingerprint density at radius 1 is 1.00 bits per heavy atom. The zero-order valence-corrected chi connectivity index (χ0v) is 18.9. The van der Waals surface area contributed by atoms with E-state index in [1.54, 1.807) is 25.3 Å². The first-order chi connectivity index (χ1) is 16.5. The molecule has 34 heavy (non-hydrogen) atoms. The van der Waals surface area contributed by atoms with Crippen LogP contribution < -0.4 is 4.74 Å². The van der Waals surface area contributed by atoms with Crippen molar-refractivity contribution in [3.05, 3.63) is 96.2 Å². The fourth-order valence-corrected chi connectivity index (χ4v) is 4.24. The van der Waals surface area contributed by atoms with Crippen molar-refractivity contribution in [1.29, 1.82) is 0 Å². The molecule has 2 heterocycles. The van der Waals surface area contributed by atoms with Crippen molar-refractivity contribution < 1.29 is 14.6 Å². The number of methoxy groups -OCH3 is 1. The first-order valence-electron chi connectivity index (χ1n) is 11.0. The van der Waals surface area contributed by atoms with Crippen LogP contribution in [0.2, 0.25) is 0 Å². The highest BCUT2D eigenvalue weighted by Gasteiger charge is 2.35. The number of benzene rings is 3. The lowest BCUT2D eigenvalue weighted by molar-refractivity contribution is -0.130. The summed E-state index contributed by atoms with van der Waals surface area (Å²) in [6, 6.07) is 24.2. The molecule has 4 aromatic rings. The van der Waals surface area contributed by atoms with Crippen LogP contribution in [0.15, 0.2) is 90.2 Å². The molecule has 3 aromatic carbocycles. The number of hydrogen-bond acceptors (Lipinski definition) is 5. The number of para-hydroxylation sites is 1. The summed E-state index contributed by atoms with van der Waals surface area (Å²) in [5.74, 6) is 0.723. The number of aromatic hydroxyl groups is 1. The van der Waals surface area contributed by atoms with Gasteiger partial charge in [-0.15, -0.1) is 0 Å². The molecule has 1 N–H and O–H groups in total. The van der Waals surface area contributed by atoms with E-state index in [-0.39, 0.29) is 17.7 Å². The Morgan fingerprint density at radius 2 is 1.76 bits per heavy atom. The van der Waals surface area contributed by atoms with Crippen LogP contribution in [0, 0.1) is 0 Å². The van der Waals surface area contributed by atoms with E-state index in [2.05, 4.69) is 5.10 Å². The number of phenolic OH excluding ortho intramolecular Hbond substituents is 1. The molecule has 5 rings (SSSR count). The van der Waals surface area contributed by atoms with Gasteiger partial charge in [-0.2, -0.15) is 10.2 Å². The molecule has 7 heteroatoms. The first kappa shape index (κ1) is 21.5. The topological polar surface area (TPSA) is 80.0 Å². The normalized spacial score (nSPS) is 15.3. The number of amides is 1. The van der Waals surface area contributed by atoms with E-state index in [1.807, 2.05) is 71.5 Å². The number of rotatable bonds is 5. The Hall–Kier alpha value is -4.39. The fraction of sp³-hybridized carbons (Fsp3) is 0.148.